The van der Waals surface area contributed by atoms with E-state index in [2.05, 4.69) is 27.7 Å². The molecule has 0 spiro atoms. The van der Waals surface area contributed by atoms with Gasteiger partial charge in [0.15, 0.2) is 0 Å². The standard InChI is InChI=1S/C22H38O2/c1-16(2)8-6-9-17(3)10-7-11-18(4)12-13-20-21(23)14-19(5)15-22(20)24/h14-18,23-24H,6-13H2,1-5H3. The molecule has 1 rings (SSSR count). The van der Waals surface area contributed by atoms with Crippen LogP contribution in [0.4, 0.5) is 0 Å². The molecule has 1 aromatic carbocycles. The van der Waals surface area contributed by atoms with Gasteiger partial charge in [0, 0.05) is 5.56 Å². The molecule has 0 saturated carbocycles. The summed E-state index contributed by atoms with van der Waals surface area (Å²) in [6.45, 7) is 11.2. The van der Waals surface area contributed by atoms with Gasteiger partial charge < -0.3 is 10.2 Å². The number of hydrogen-bond donors (Lipinski definition) is 2. The lowest BCUT2D eigenvalue weighted by molar-refractivity contribution is 0.388. The third kappa shape index (κ3) is 8.08. The molecule has 0 heterocycles. The number of phenolic OH excluding ortho intramolecular Hbond substituents is 2. The molecule has 0 aliphatic carbocycles. The number of rotatable bonds is 11. The lowest BCUT2D eigenvalue weighted by atomic mass is 9.91. The Kier molecular flexibility index (Phi) is 9.25. The molecule has 0 aliphatic heterocycles. The molecule has 2 N–H and O–H groups in total. The Hall–Kier alpha value is -1.18. The van der Waals surface area contributed by atoms with Gasteiger partial charge in [-0.2, -0.15) is 0 Å². The van der Waals surface area contributed by atoms with Crippen molar-refractivity contribution in [2.24, 2.45) is 17.8 Å². The average Bonchev–Trinajstić information content (AvgIpc) is 2.45. The Morgan fingerprint density at radius 2 is 1.21 bits per heavy atom. The Morgan fingerprint density at radius 1 is 0.750 bits per heavy atom. The zero-order valence-electron chi connectivity index (χ0n) is 16.4. The van der Waals surface area contributed by atoms with Gasteiger partial charge in [-0.1, -0.05) is 66.2 Å². The second-order valence-corrected chi connectivity index (χ2v) is 8.29. The van der Waals surface area contributed by atoms with E-state index in [0.717, 1.165) is 30.2 Å². The van der Waals surface area contributed by atoms with Gasteiger partial charge in [0.05, 0.1) is 0 Å². The summed E-state index contributed by atoms with van der Waals surface area (Å²) in [5, 5.41) is 20.0. The van der Waals surface area contributed by atoms with Gasteiger partial charge in [-0.15, -0.1) is 0 Å². The molecular weight excluding hydrogens is 296 g/mol. The molecule has 0 bridgehead atoms. The van der Waals surface area contributed by atoms with Crippen LogP contribution in [0.15, 0.2) is 12.1 Å². The second kappa shape index (κ2) is 10.6. The van der Waals surface area contributed by atoms with E-state index < -0.39 is 0 Å². The zero-order chi connectivity index (χ0) is 18.1. The maximum Gasteiger partial charge on any atom is 0.122 e. The van der Waals surface area contributed by atoms with E-state index in [-0.39, 0.29) is 11.5 Å². The van der Waals surface area contributed by atoms with Gasteiger partial charge >= 0.3 is 0 Å². The molecule has 1 aromatic rings. The lowest BCUT2D eigenvalue weighted by Gasteiger charge is -2.16. The minimum atomic E-state index is 0.235. The van der Waals surface area contributed by atoms with Crippen molar-refractivity contribution in [2.45, 2.75) is 86.0 Å². The highest BCUT2D eigenvalue weighted by Gasteiger charge is 2.11. The summed E-state index contributed by atoms with van der Waals surface area (Å²) < 4.78 is 0. The highest BCUT2D eigenvalue weighted by Crippen LogP contribution is 2.31. The molecule has 0 fully saturated rings. The Balaban J connectivity index is 2.24. The van der Waals surface area contributed by atoms with Crippen LogP contribution in [0.3, 0.4) is 0 Å². The summed E-state index contributed by atoms with van der Waals surface area (Å²) in [5.74, 6) is 2.76. The third-order valence-corrected chi connectivity index (χ3v) is 5.11. The molecule has 138 valence electrons. The Labute approximate surface area is 149 Å². The lowest BCUT2D eigenvalue weighted by Crippen LogP contribution is -2.01. The van der Waals surface area contributed by atoms with Crippen molar-refractivity contribution >= 4 is 0 Å². The van der Waals surface area contributed by atoms with Crippen molar-refractivity contribution in [3.63, 3.8) is 0 Å². The first kappa shape index (κ1) is 20.9. The van der Waals surface area contributed by atoms with Crippen molar-refractivity contribution in [1.29, 1.82) is 0 Å². The van der Waals surface area contributed by atoms with Gasteiger partial charge in [0.2, 0.25) is 0 Å². The molecule has 2 nitrogen and oxygen atoms in total. The first-order chi connectivity index (χ1) is 11.3. The summed E-state index contributed by atoms with van der Waals surface area (Å²) in [5.41, 5.74) is 1.60. The third-order valence-electron chi connectivity index (χ3n) is 5.11. The number of aryl methyl sites for hydroxylation is 1. The predicted octanol–water partition coefficient (Wildman–Crippen LogP) is 6.61. The van der Waals surface area contributed by atoms with Crippen LogP contribution in [0.25, 0.3) is 0 Å². The molecule has 0 amide bonds. The maximum atomic E-state index is 10.00. The fraction of sp³-hybridized carbons (Fsp3) is 0.727. The van der Waals surface area contributed by atoms with E-state index in [4.69, 9.17) is 0 Å². The zero-order valence-corrected chi connectivity index (χ0v) is 16.4. The van der Waals surface area contributed by atoms with Crippen LogP contribution in [-0.2, 0) is 6.42 Å². The topological polar surface area (TPSA) is 40.5 Å². The molecule has 2 heteroatoms. The molecule has 24 heavy (non-hydrogen) atoms. The predicted molar refractivity (Wildman–Crippen MR) is 104 cm³/mol. The van der Waals surface area contributed by atoms with E-state index in [1.165, 1.54) is 38.5 Å². The average molecular weight is 335 g/mol. The number of phenols is 2. The second-order valence-electron chi connectivity index (χ2n) is 8.29. The van der Waals surface area contributed by atoms with E-state index in [9.17, 15) is 10.2 Å². The quantitative estimate of drug-likeness (QED) is 0.478. The minimum Gasteiger partial charge on any atom is -0.508 e. The van der Waals surface area contributed by atoms with Crippen LogP contribution in [0.1, 0.15) is 83.8 Å². The van der Waals surface area contributed by atoms with E-state index >= 15 is 0 Å². The van der Waals surface area contributed by atoms with Gasteiger partial charge in [-0.25, -0.2) is 0 Å². The summed E-state index contributed by atoms with van der Waals surface area (Å²) in [7, 11) is 0. The van der Waals surface area contributed by atoms with Crippen LogP contribution in [0.2, 0.25) is 0 Å². The maximum absolute atomic E-state index is 10.00. The summed E-state index contributed by atoms with van der Waals surface area (Å²) in [4.78, 5) is 0. The van der Waals surface area contributed by atoms with Crippen LogP contribution < -0.4 is 0 Å². The van der Waals surface area contributed by atoms with Crippen molar-refractivity contribution in [3.05, 3.63) is 23.3 Å². The molecule has 0 saturated heterocycles. The summed E-state index contributed by atoms with van der Waals surface area (Å²) in [6, 6.07) is 3.47. The highest BCUT2D eigenvalue weighted by atomic mass is 16.3. The van der Waals surface area contributed by atoms with Gasteiger partial charge in [0.1, 0.15) is 11.5 Å². The first-order valence-electron chi connectivity index (χ1n) is 9.81. The van der Waals surface area contributed by atoms with Crippen molar-refractivity contribution in [2.75, 3.05) is 0 Å². The minimum absolute atomic E-state index is 0.235. The Morgan fingerprint density at radius 3 is 1.71 bits per heavy atom. The molecule has 0 aliphatic rings. The Bertz CT molecular complexity index is 456. The van der Waals surface area contributed by atoms with Crippen LogP contribution >= 0.6 is 0 Å². The van der Waals surface area contributed by atoms with E-state index in [0.29, 0.717) is 11.5 Å². The summed E-state index contributed by atoms with van der Waals surface area (Å²) >= 11 is 0. The van der Waals surface area contributed by atoms with E-state index in [1.54, 1.807) is 12.1 Å². The normalized spacial score (nSPS) is 14.1. The fourth-order valence-corrected chi connectivity index (χ4v) is 3.40. The van der Waals surface area contributed by atoms with Crippen molar-refractivity contribution in [1.82, 2.24) is 0 Å². The van der Waals surface area contributed by atoms with E-state index in [1.807, 2.05) is 6.92 Å². The van der Waals surface area contributed by atoms with Crippen LogP contribution in [0, 0.1) is 24.7 Å². The highest BCUT2D eigenvalue weighted by molar-refractivity contribution is 5.46. The molecule has 2 atom stereocenters. The molecule has 0 radical (unpaired) electrons. The van der Waals surface area contributed by atoms with Gasteiger partial charge in [-0.05, 0) is 55.2 Å². The molecule has 2 unspecified atom stereocenters. The number of aromatic hydroxyl groups is 2. The number of benzene rings is 1. The monoisotopic (exact) mass is 334 g/mol. The SMILES string of the molecule is Cc1cc(O)c(CCC(C)CCCC(C)CCCC(C)C)c(O)c1. The fourth-order valence-electron chi connectivity index (χ4n) is 3.40. The number of hydrogen-bond acceptors (Lipinski definition) is 2. The van der Waals surface area contributed by atoms with Crippen molar-refractivity contribution < 1.29 is 10.2 Å². The first-order valence-corrected chi connectivity index (χ1v) is 9.81. The van der Waals surface area contributed by atoms with Crippen LogP contribution in [0.5, 0.6) is 11.5 Å². The van der Waals surface area contributed by atoms with Crippen LogP contribution in [-0.4, -0.2) is 10.2 Å². The van der Waals surface area contributed by atoms with Gasteiger partial charge in [-0.3, -0.25) is 0 Å². The largest absolute Gasteiger partial charge is 0.508 e. The smallest absolute Gasteiger partial charge is 0.122 e. The van der Waals surface area contributed by atoms with Gasteiger partial charge in [0.25, 0.3) is 0 Å². The van der Waals surface area contributed by atoms with Crippen molar-refractivity contribution in [3.8, 4) is 11.5 Å². The summed E-state index contributed by atoms with van der Waals surface area (Å²) in [6.07, 6.45) is 9.69. The molecular formula is C22H38O2. The molecule has 0 aromatic heterocycles.